The van der Waals surface area contributed by atoms with Crippen molar-refractivity contribution in [3.05, 3.63) is 24.3 Å². The standard InChI is InChI=1S/C70H136NO8P/c1-6-8-10-12-14-16-18-20-22-24-26-28-29-30-31-32-33-34-35-36-37-38-39-40-41-43-45-47-49-51-53-55-57-59-61-63-70(73)79-68(67-78-80(74,75)77-65-64-71(3,4)5)66-76-69(72)62-60-58-56-54-52-50-48-46-44-42-27-25-23-21-19-17-15-13-11-9-7-2/h24-27,68H,6-23,28-67H2,1-5H3/b26-24-,27-25-. The van der Waals surface area contributed by atoms with Crippen LogP contribution in [0, 0.1) is 0 Å². The van der Waals surface area contributed by atoms with Crippen molar-refractivity contribution < 1.29 is 42.1 Å². The number of phosphoric acid groups is 1. The van der Waals surface area contributed by atoms with Crippen LogP contribution < -0.4 is 4.89 Å². The minimum atomic E-state index is -4.64. The van der Waals surface area contributed by atoms with E-state index in [1.54, 1.807) is 0 Å². The van der Waals surface area contributed by atoms with E-state index in [4.69, 9.17) is 18.5 Å². The highest BCUT2D eigenvalue weighted by Crippen LogP contribution is 2.38. The summed E-state index contributed by atoms with van der Waals surface area (Å²) in [6, 6.07) is 0. The van der Waals surface area contributed by atoms with Crippen molar-refractivity contribution in [2.75, 3.05) is 47.5 Å². The number of hydrogen-bond acceptors (Lipinski definition) is 8. The van der Waals surface area contributed by atoms with Crippen LogP contribution in [-0.2, 0) is 32.7 Å². The number of unbranched alkanes of at least 4 members (excludes halogenated alkanes) is 48. The topological polar surface area (TPSA) is 111 Å². The maximum absolute atomic E-state index is 12.9. The normalized spacial score (nSPS) is 13.2. The van der Waals surface area contributed by atoms with Crippen LogP contribution in [0.2, 0.25) is 0 Å². The zero-order valence-electron chi connectivity index (χ0n) is 54.1. The first kappa shape index (κ1) is 78.5. The van der Waals surface area contributed by atoms with Crippen molar-refractivity contribution in [1.82, 2.24) is 0 Å². The molecule has 0 aromatic carbocycles. The van der Waals surface area contributed by atoms with Gasteiger partial charge in [0.25, 0.3) is 7.82 Å². The molecule has 0 aliphatic heterocycles. The van der Waals surface area contributed by atoms with Gasteiger partial charge in [0, 0.05) is 12.8 Å². The molecule has 2 atom stereocenters. The average molecular weight is 1150 g/mol. The molecule has 0 bridgehead atoms. The van der Waals surface area contributed by atoms with Crippen LogP contribution in [0.25, 0.3) is 0 Å². The van der Waals surface area contributed by atoms with E-state index in [0.717, 1.165) is 32.1 Å². The van der Waals surface area contributed by atoms with Crippen molar-refractivity contribution in [3.63, 3.8) is 0 Å². The molecule has 10 heteroatoms. The molecule has 0 radical (unpaired) electrons. The molecule has 474 valence electrons. The Hall–Kier alpha value is -1.51. The Morgan fingerprint density at radius 2 is 0.637 bits per heavy atom. The molecule has 80 heavy (non-hydrogen) atoms. The molecule has 0 heterocycles. The van der Waals surface area contributed by atoms with Gasteiger partial charge in [-0.1, -0.05) is 308 Å². The summed E-state index contributed by atoms with van der Waals surface area (Å²) in [6.07, 6.45) is 77.0. The lowest BCUT2D eigenvalue weighted by Gasteiger charge is -2.28. The van der Waals surface area contributed by atoms with E-state index < -0.39 is 26.5 Å². The lowest BCUT2D eigenvalue weighted by molar-refractivity contribution is -0.870. The largest absolute Gasteiger partial charge is 0.756 e. The van der Waals surface area contributed by atoms with E-state index in [0.29, 0.717) is 17.4 Å². The molecular formula is C70H136NO8P. The quantitative estimate of drug-likeness (QED) is 0.0195. The highest BCUT2D eigenvalue weighted by Gasteiger charge is 2.22. The fraction of sp³-hybridized carbons (Fsp3) is 0.914. The lowest BCUT2D eigenvalue weighted by atomic mass is 10.0. The summed E-state index contributed by atoms with van der Waals surface area (Å²) >= 11 is 0. The lowest BCUT2D eigenvalue weighted by Crippen LogP contribution is -2.37. The molecule has 0 aliphatic rings. The maximum atomic E-state index is 12.9. The molecule has 0 saturated heterocycles. The second kappa shape index (κ2) is 62.0. The zero-order chi connectivity index (χ0) is 58.4. The number of carbonyl (C=O) groups excluding carboxylic acids is 2. The summed E-state index contributed by atoms with van der Waals surface area (Å²) in [5, 5.41) is 0. The number of nitrogens with zero attached hydrogens (tertiary/aromatic N) is 1. The van der Waals surface area contributed by atoms with Gasteiger partial charge in [0.1, 0.15) is 19.8 Å². The minimum absolute atomic E-state index is 0.0278. The van der Waals surface area contributed by atoms with Crippen LogP contribution in [0.4, 0.5) is 0 Å². The summed E-state index contributed by atoms with van der Waals surface area (Å²) in [4.78, 5) is 38.0. The Labute approximate surface area is 498 Å². The second-order valence-electron chi connectivity index (χ2n) is 25.2. The van der Waals surface area contributed by atoms with Crippen LogP contribution in [0.1, 0.15) is 361 Å². The summed E-state index contributed by atoms with van der Waals surface area (Å²) in [6.45, 7) is 4.30. The van der Waals surface area contributed by atoms with Crippen LogP contribution in [0.15, 0.2) is 24.3 Å². The van der Waals surface area contributed by atoms with Crippen LogP contribution >= 0.6 is 7.82 Å². The number of hydrogen-bond donors (Lipinski definition) is 0. The molecule has 9 nitrogen and oxygen atoms in total. The number of allylic oxidation sites excluding steroid dienone is 4. The van der Waals surface area contributed by atoms with E-state index in [2.05, 4.69) is 38.2 Å². The summed E-state index contributed by atoms with van der Waals surface area (Å²) in [5.41, 5.74) is 0. The minimum Gasteiger partial charge on any atom is -0.756 e. The molecule has 0 aliphatic carbocycles. The Morgan fingerprint density at radius 3 is 0.925 bits per heavy atom. The molecular weight excluding hydrogens is 1010 g/mol. The predicted octanol–water partition coefficient (Wildman–Crippen LogP) is 21.9. The first-order chi connectivity index (χ1) is 39.0. The number of phosphoric ester groups is 1. The highest BCUT2D eigenvalue weighted by molar-refractivity contribution is 7.45. The molecule has 0 aromatic heterocycles. The van der Waals surface area contributed by atoms with Gasteiger partial charge in [0.05, 0.1) is 27.7 Å². The molecule has 0 rings (SSSR count). The third kappa shape index (κ3) is 65.6. The van der Waals surface area contributed by atoms with E-state index in [-0.39, 0.29) is 32.0 Å². The van der Waals surface area contributed by atoms with Crippen molar-refractivity contribution in [1.29, 1.82) is 0 Å². The smallest absolute Gasteiger partial charge is 0.306 e. The van der Waals surface area contributed by atoms with Crippen molar-refractivity contribution in [3.8, 4) is 0 Å². The fourth-order valence-corrected chi connectivity index (χ4v) is 11.3. The van der Waals surface area contributed by atoms with Crippen molar-refractivity contribution in [2.24, 2.45) is 0 Å². The molecule has 0 fully saturated rings. The average Bonchev–Trinajstić information content (AvgIpc) is 3.42. The van der Waals surface area contributed by atoms with Crippen molar-refractivity contribution in [2.45, 2.75) is 367 Å². The fourth-order valence-electron chi connectivity index (χ4n) is 10.5. The third-order valence-corrected chi connectivity index (χ3v) is 16.9. The monoisotopic (exact) mass is 1150 g/mol. The Morgan fingerprint density at radius 1 is 0.375 bits per heavy atom. The molecule has 0 spiro atoms. The number of carbonyl (C=O) groups is 2. The van der Waals surface area contributed by atoms with Crippen LogP contribution in [-0.4, -0.2) is 70.0 Å². The second-order valence-corrected chi connectivity index (χ2v) is 26.7. The number of rotatable bonds is 66. The third-order valence-electron chi connectivity index (χ3n) is 15.9. The van der Waals surface area contributed by atoms with Gasteiger partial charge in [0.2, 0.25) is 0 Å². The van der Waals surface area contributed by atoms with Gasteiger partial charge in [-0.15, -0.1) is 0 Å². The van der Waals surface area contributed by atoms with E-state index in [1.165, 1.54) is 295 Å². The summed E-state index contributed by atoms with van der Waals surface area (Å²) in [7, 11) is 1.19. The van der Waals surface area contributed by atoms with Gasteiger partial charge in [-0.2, -0.15) is 0 Å². The number of quaternary nitrogens is 1. The van der Waals surface area contributed by atoms with Crippen molar-refractivity contribution >= 4 is 19.8 Å². The molecule has 0 aromatic rings. The number of esters is 2. The van der Waals surface area contributed by atoms with Gasteiger partial charge >= 0.3 is 11.9 Å². The SMILES string of the molecule is CCCCCCCCCC/C=C\CCCCCCCCCCCCCCCCCCCCCCCCCC(=O)OC(COC(=O)CCCCCCCCCCC/C=C\CCCCCCCCCC)COP(=O)([O-])OCC[N+](C)(C)C. The first-order valence-corrected chi connectivity index (χ1v) is 36.5. The Balaban J connectivity index is 3.95. The Kier molecular flexibility index (Phi) is 60.9. The van der Waals surface area contributed by atoms with Gasteiger partial charge in [-0.25, -0.2) is 0 Å². The molecule has 2 unspecified atom stereocenters. The molecule has 0 amide bonds. The predicted molar refractivity (Wildman–Crippen MR) is 342 cm³/mol. The zero-order valence-corrected chi connectivity index (χ0v) is 55.0. The first-order valence-electron chi connectivity index (χ1n) is 35.0. The summed E-state index contributed by atoms with van der Waals surface area (Å²) in [5.74, 6) is -0.815. The van der Waals surface area contributed by atoms with E-state index >= 15 is 0 Å². The van der Waals surface area contributed by atoms with Gasteiger partial charge in [-0.3, -0.25) is 14.2 Å². The van der Waals surface area contributed by atoms with Gasteiger partial charge in [-0.05, 0) is 64.2 Å². The van der Waals surface area contributed by atoms with Crippen LogP contribution in [0.3, 0.4) is 0 Å². The van der Waals surface area contributed by atoms with E-state index in [9.17, 15) is 19.0 Å². The molecule has 0 saturated carbocycles. The van der Waals surface area contributed by atoms with Gasteiger partial charge < -0.3 is 27.9 Å². The maximum Gasteiger partial charge on any atom is 0.306 e. The Bertz CT molecular complexity index is 1400. The number of likely N-dealkylation sites (N-methyl/N-ethyl adjacent to an activating group) is 1. The van der Waals surface area contributed by atoms with Gasteiger partial charge in [0.15, 0.2) is 6.10 Å². The van der Waals surface area contributed by atoms with Crippen LogP contribution in [0.5, 0.6) is 0 Å². The molecule has 0 N–H and O–H groups in total. The highest BCUT2D eigenvalue weighted by atomic mass is 31.2. The number of ether oxygens (including phenoxy) is 2. The van der Waals surface area contributed by atoms with E-state index in [1.807, 2.05) is 21.1 Å². The summed E-state index contributed by atoms with van der Waals surface area (Å²) < 4.78 is 34.3.